The molecule has 4 saturated heterocycles. The fourth-order valence-corrected chi connectivity index (χ4v) is 8.61. The molecule has 11 heteroatoms. The van der Waals surface area contributed by atoms with Crippen molar-refractivity contribution < 1.29 is 22.4 Å². The Kier molecular flexibility index (Phi) is 4.56. The second kappa shape index (κ2) is 6.63. The molecule has 0 radical (unpaired) electrons. The van der Waals surface area contributed by atoms with Crippen molar-refractivity contribution in [3.63, 3.8) is 0 Å². The molecule has 5 rings (SSSR count). The third-order valence-electron chi connectivity index (χ3n) is 8.21. The average molecular weight is 468 g/mol. The zero-order valence-corrected chi connectivity index (χ0v) is 19.4. The highest BCUT2D eigenvalue weighted by molar-refractivity contribution is 7.88. The second-order valence-corrected chi connectivity index (χ2v) is 11.0. The van der Waals surface area contributed by atoms with Crippen molar-refractivity contribution in [2.45, 2.75) is 87.8 Å². The van der Waals surface area contributed by atoms with Crippen LogP contribution in [-0.2, 0) is 19.0 Å². The number of piperidine rings is 1. The second-order valence-electron chi connectivity index (χ2n) is 9.42. The summed E-state index contributed by atoms with van der Waals surface area (Å²) in [7, 11) is -4.14. The maximum atomic E-state index is 13.3. The molecule has 32 heavy (non-hydrogen) atoms. The van der Waals surface area contributed by atoms with Crippen LogP contribution in [0.15, 0.2) is 27.4 Å². The molecular weight excluding hydrogens is 438 g/mol. The lowest BCUT2D eigenvalue weighted by Gasteiger charge is -2.55. The Morgan fingerprint density at radius 2 is 2.00 bits per heavy atom. The lowest BCUT2D eigenvalue weighted by atomic mass is 9.72. The number of nitrogens with zero attached hydrogens (tertiary/aromatic N) is 2. The average Bonchev–Trinajstić information content (AvgIpc) is 3.26. The molecule has 5 heterocycles. The van der Waals surface area contributed by atoms with Crippen molar-refractivity contribution in [1.82, 2.24) is 14.5 Å². The highest BCUT2D eigenvalue weighted by atomic mass is 32.2. The topological polar surface area (TPSA) is 131 Å². The normalized spacial score (nSPS) is 40.5. The molecule has 0 saturated carbocycles. The third kappa shape index (κ3) is 2.40. The van der Waals surface area contributed by atoms with Crippen LogP contribution < -0.4 is 11.2 Å². The van der Waals surface area contributed by atoms with Gasteiger partial charge in [-0.05, 0) is 38.7 Å². The van der Waals surface area contributed by atoms with Gasteiger partial charge in [-0.25, -0.2) is 4.79 Å². The first-order chi connectivity index (χ1) is 15.0. The van der Waals surface area contributed by atoms with E-state index < -0.39 is 55.8 Å². The summed E-state index contributed by atoms with van der Waals surface area (Å²) in [5.74, 6) is 0. The Labute approximate surface area is 186 Å². The summed E-state index contributed by atoms with van der Waals surface area (Å²) < 4.78 is 39.8. The summed E-state index contributed by atoms with van der Waals surface area (Å²) in [6.07, 6.45) is 3.47. The first-order valence-corrected chi connectivity index (χ1v) is 12.5. The van der Waals surface area contributed by atoms with Gasteiger partial charge in [-0.15, -0.1) is 0 Å². The van der Waals surface area contributed by atoms with Gasteiger partial charge in [-0.1, -0.05) is 19.9 Å². The van der Waals surface area contributed by atoms with Gasteiger partial charge in [-0.2, -0.15) is 8.42 Å². The Bertz CT molecular complexity index is 1230. The predicted octanol–water partition coefficient (Wildman–Crippen LogP) is 0.513. The number of rotatable bonds is 3. The molecule has 1 spiro atoms. The van der Waals surface area contributed by atoms with Gasteiger partial charge in [-0.3, -0.25) is 23.4 Å². The Morgan fingerprint density at radius 3 is 2.62 bits per heavy atom. The zero-order chi connectivity index (χ0) is 23.3. The third-order valence-corrected chi connectivity index (χ3v) is 9.95. The van der Waals surface area contributed by atoms with E-state index in [0.717, 1.165) is 12.8 Å². The van der Waals surface area contributed by atoms with E-state index in [0.29, 0.717) is 17.6 Å². The van der Waals surface area contributed by atoms with Crippen molar-refractivity contribution >= 4 is 10.1 Å². The first kappa shape index (κ1) is 22.0. The van der Waals surface area contributed by atoms with E-state index in [1.54, 1.807) is 19.9 Å². The molecule has 0 amide bonds. The van der Waals surface area contributed by atoms with Crippen LogP contribution in [0.25, 0.3) is 0 Å². The number of ether oxygens (including phenoxy) is 1. The van der Waals surface area contributed by atoms with E-state index in [1.165, 1.54) is 10.8 Å². The van der Waals surface area contributed by atoms with Gasteiger partial charge in [0.15, 0.2) is 16.6 Å². The van der Waals surface area contributed by atoms with E-state index in [9.17, 15) is 23.1 Å². The molecule has 4 aliphatic heterocycles. The highest BCUT2D eigenvalue weighted by Gasteiger charge is 2.83. The van der Waals surface area contributed by atoms with Crippen LogP contribution in [0.2, 0.25) is 0 Å². The smallest absolute Gasteiger partial charge is 0.330 e. The van der Waals surface area contributed by atoms with Crippen LogP contribution in [-0.4, -0.2) is 62.7 Å². The van der Waals surface area contributed by atoms with Crippen molar-refractivity contribution in [3.05, 3.63) is 44.2 Å². The highest BCUT2D eigenvalue weighted by Crippen LogP contribution is 2.65. The van der Waals surface area contributed by atoms with Gasteiger partial charge in [0, 0.05) is 30.3 Å². The standard InChI is InChI=1S/C21H29N3O7S/c1-5-13-8-19(6-2,7-3)24-11-14-20(21(24,27)16(13)32(28,29)31-20)9-15(30-14)23-10-12(4)17(25)22-18(23)26/h5,10,14-16,27H,6-9,11H2,1-4H3,(H,22,25,26)/b13-5-/t14-,15-,16-,20+,21-/m1/s1. The maximum absolute atomic E-state index is 13.3. The number of aryl methyl sites for hydroxylation is 1. The maximum Gasteiger partial charge on any atom is 0.330 e. The number of aromatic amines is 1. The molecule has 0 unspecified atom stereocenters. The lowest BCUT2D eigenvalue weighted by molar-refractivity contribution is -0.202. The minimum absolute atomic E-state index is 0.0354. The van der Waals surface area contributed by atoms with E-state index in [4.69, 9.17) is 8.92 Å². The largest absolute Gasteiger partial charge is 0.371 e. The van der Waals surface area contributed by atoms with E-state index in [-0.39, 0.29) is 13.0 Å². The molecule has 5 atom stereocenters. The quantitative estimate of drug-likeness (QED) is 0.486. The molecule has 0 aliphatic carbocycles. The molecule has 4 aliphatic rings. The van der Waals surface area contributed by atoms with Gasteiger partial charge in [0.1, 0.15) is 12.3 Å². The molecule has 10 nitrogen and oxygen atoms in total. The molecule has 0 bridgehead atoms. The van der Waals surface area contributed by atoms with Gasteiger partial charge in [0.05, 0.1) is 0 Å². The van der Waals surface area contributed by atoms with Crippen LogP contribution in [0.1, 0.15) is 58.2 Å². The minimum Gasteiger partial charge on any atom is -0.371 e. The summed E-state index contributed by atoms with van der Waals surface area (Å²) in [6, 6.07) is 0. The van der Waals surface area contributed by atoms with E-state index >= 15 is 0 Å². The molecule has 1 aromatic heterocycles. The molecular formula is C21H29N3O7S. The number of aliphatic hydroxyl groups is 1. The molecule has 1 aromatic rings. The first-order valence-electron chi connectivity index (χ1n) is 11.1. The number of H-pyrrole nitrogens is 1. The van der Waals surface area contributed by atoms with Crippen LogP contribution in [0.4, 0.5) is 0 Å². The summed E-state index contributed by atoms with van der Waals surface area (Å²) >= 11 is 0. The van der Waals surface area contributed by atoms with Crippen molar-refractivity contribution in [2.75, 3.05) is 6.54 Å². The summed E-state index contributed by atoms with van der Waals surface area (Å²) in [5.41, 5.74) is -3.98. The Hall–Kier alpha value is -1.79. The van der Waals surface area contributed by atoms with E-state index in [2.05, 4.69) is 4.98 Å². The van der Waals surface area contributed by atoms with Crippen LogP contribution in [0.3, 0.4) is 0 Å². The van der Waals surface area contributed by atoms with Crippen molar-refractivity contribution in [3.8, 4) is 0 Å². The summed E-state index contributed by atoms with van der Waals surface area (Å²) in [5, 5.41) is 11.1. The van der Waals surface area contributed by atoms with Gasteiger partial charge >= 0.3 is 5.69 Å². The summed E-state index contributed by atoms with van der Waals surface area (Å²) in [6.45, 7) is 7.72. The molecule has 176 valence electrons. The zero-order valence-electron chi connectivity index (χ0n) is 18.6. The van der Waals surface area contributed by atoms with E-state index in [1.807, 2.05) is 18.7 Å². The number of allylic oxidation sites excluding steroid dienone is 1. The van der Waals surface area contributed by atoms with Crippen molar-refractivity contribution in [2.24, 2.45) is 0 Å². The fraction of sp³-hybridized carbons (Fsp3) is 0.714. The SMILES string of the molecule is C/C=C1/CC(CC)(CC)N2C[C@H]3O[C@@H](n4cc(C)c(=O)[nH]c4=O)C[C@]34OS(=O)(=O)[C@H]1[C@]24O. The summed E-state index contributed by atoms with van der Waals surface area (Å²) in [4.78, 5) is 28.4. The monoisotopic (exact) mass is 467 g/mol. The van der Waals surface area contributed by atoms with Crippen molar-refractivity contribution in [1.29, 1.82) is 0 Å². The number of hydrogen-bond acceptors (Lipinski definition) is 8. The van der Waals surface area contributed by atoms with Crippen LogP contribution >= 0.6 is 0 Å². The van der Waals surface area contributed by atoms with Gasteiger partial charge < -0.3 is 9.84 Å². The fourth-order valence-electron chi connectivity index (χ4n) is 6.49. The number of hydrogen-bond donors (Lipinski definition) is 2. The number of aromatic nitrogens is 2. The number of nitrogens with one attached hydrogen (secondary N) is 1. The Balaban J connectivity index is 1.68. The van der Waals surface area contributed by atoms with Gasteiger partial charge in [0.25, 0.3) is 15.7 Å². The molecule has 0 aromatic carbocycles. The molecule has 4 fully saturated rings. The molecule has 2 N–H and O–H groups in total. The minimum atomic E-state index is -4.14. The lowest BCUT2D eigenvalue weighted by Crippen LogP contribution is -2.71. The van der Waals surface area contributed by atoms with Crippen LogP contribution in [0.5, 0.6) is 0 Å². The van der Waals surface area contributed by atoms with Gasteiger partial charge in [0.2, 0.25) is 0 Å². The predicted molar refractivity (Wildman–Crippen MR) is 114 cm³/mol. The van der Waals surface area contributed by atoms with Crippen LogP contribution in [0, 0.1) is 6.92 Å². The Morgan fingerprint density at radius 1 is 1.31 bits per heavy atom.